The second-order valence-electron chi connectivity index (χ2n) is 11.8. The van der Waals surface area contributed by atoms with Gasteiger partial charge in [0.15, 0.2) is 5.78 Å². The van der Waals surface area contributed by atoms with Gasteiger partial charge in [0.1, 0.15) is 0 Å². The monoisotopic (exact) mass is 412 g/mol. The molecule has 0 unspecified atom stereocenters. The van der Waals surface area contributed by atoms with Crippen LogP contribution in [0.25, 0.3) is 0 Å². The molecule has 4 aliphatic carbocycles. The van der Waals surface area contributed by atoms with Crippen LogP contribution in [0.4, 0.5) is 0 Å². The minimum atomic E-state index is -0.462. The van der Waals surface area contributed by atoms with E-state index in [1.54, 1.807) is 10.9 Å². The average molecular weight is 413 g/mol. The van der Waals surface area contributed by atoms with E-state index in [4.69, 9.17) is 0 Å². The van der Waals surface area contributed by atoms with Crippen LogP contribution in [-0.4, -0.2) is 26.3 Å². The Morgan fingerprint density at radius 3 is 2.67 bits per heavy atom. The predicted octanol–water partition coefficient (Wildman–Crippen LogP) is 5.25. The van der Waals surface area contributed by atoms with E-state index in [9.17, 15) is 9.90 Å². The van der Waals surface area contributed by atoms with Gasteiger partial charge in [0, 0.05) is 18.3 Å². The van der Waals surface area contributed by atoms with Gasteiger partial charge in [-0.3, -0.25) is 9.48 Å². The molecule has 4 nitrogen and oxygen atoms in total. The summed E-state index contributed by atoms with van der Waals surface area (Å²) >= 11 is 0. The highest BCUT2D eigenvalue weighted by molar-refractivity contribution is 5.82. The van der Waals surface area contributed by atoms with Gasteiger partial charge in [-0.25, -0.2) is 0 Å². The van der Waals surface area contributed by atoms with Crippen molar-refractivity contribution in [2.24, 2.45) is 40.4 Å². The van der Waals surface area contributed by atoms with E-state index in [1.165, 1.54) is 44.9 Å². The van der Waals surface area contributed by atoms with Crippen LogP contribution in [0.1, 0.15) is 85.0 Å². The maximum atomic E-state index is 13.3. The molecule has 0 spiro atoms. The Labute approximate surface area is 181 Å². The Morgan fingerprint density at radius 2 is 1.93 bits per heavy atom. The first-order chi connectivity index (χ1) is 14.3. The number of aromatic nitrogens is 2. The quantitative estimate of drug-likeness (QED) is 0.734. The number of ketones is 1. The molecule has 5 rings (SSSR count). The summed E-state index contributed by atoms with van der Waals surface area (Å²) in [5, 5.41) is 15.0. The van der Waals surface area contributed by atoms with Gasteiger partial charge in [-0.2, -0.15) is 5.10 Å². The second kappa shape index (κ2) is 7.18. The Hall–Kier alpha value is -1.16. The summed E-state index contributed by atoms with van der Waals surface area (Å²) in [4.78, 5) is 13.3. The number of fused-ring (bicyclic) bond motifs is 5. The van der Waals surface area contributed by atoms with Crippen LogP contribution in [0.3, 0.4) is 0 Å². The molecular formula is C26H40N2O2. The van der Waals surface area contributed by atoms with Crippen LogP contribution in [-0.2, 0) is 11.3 Å². The fourth-order valence-electron chi connectivity index (χ4n) is 9.14. The Bertz CT molecular complexity index is 787. The smallest absolute Gasteiger partial charge is 0.157 e. The first kappa shape index (κ1) is 20.7. The first-order valence-corrected chi connectivity index (χ1v) is 12.5. The molecule has 0 aromatic carbocycles. The Kier molecular flexibility index (Phi) is 4.96. The highest BCUT2D eigenvalue weighted by Crippen LogP contribution is 2.69. The summed E-state index contributed by atoms with van der Waals surface area (Å²) < 4.78 is 1.80. The maximum absolute atomic E-state index is 13.3. The molecule has 30 heavy (non-hydrogen) atoms. The van der Waals surface area contributed by atoms with Crippen LogP contribution in [0, 0.1) is 40.4 Å². The van der Waals surface area contributed by atoms with E-state index >= 15 is 0 Å². The van der Waals surface area contributed by atoms with E-state index in [0.29, 0.717) is 29.6 Å². The van der Waals surface area contributed by atoms with Gasteiger partial charge in [0.25, 0.3) is 0 Å². The predicted molar refractivity (Wildman–Crippen MR) is 118 cm³/mol. The third kappa shape index (κ3) is 3.04. The molecule has 4 fully saturated rings. The van der Waals surface area contributed by atoms with Crippen molar-refractivity contribution in [3.8, 4) is 0 Å². The molecule has 8 atom stereocenters. The Morgan fingerprint density at radius 1 is 1.10 bits per heavy atom. The van der Waals surface area contributed by atoms with Crippen molar-refractivity contribution in [1.82, 2.24) is 9.78 Å². The van der Waals surface area contributed by atoms with Gasteiger partial charge in [-0.05, 0) is 112 Å². The first-order valence-electron chi connectivity index (χ1n) is 12.5. The van der Waals surface area contributed by atoms with Gasteiger partial charge in [-0.1, -0.05) is 13.8 Å². The zero-order valence-electron chi connectivity index (χ0n) is 19.1. The summed E-state index contributed by atoms with van der Waals surface area (Å²) in [6, 6.07) is 1.90. The van der Waals surface area contributed by atoms with Gasteiger partial charge in [-0.15, -0.1) is 0 Å². The number of hydrogen-bond donors (Lipinski definition) is 1. The van der Waals surface area contributed by atoms with Crippen LogP contribution in [0.2, 0.25) is 0 Å². The van der Waals surface area contributed by atoms with Crippen molar-refractivity contribution < 1.29 is 9.90 Å². The Balaban J connectivity index is 1.38. The average Bonchev–Trinajstić information content (AvgIpc) is 3.34. The van der Waals surface area contributed by atoms with Crippen molar-refractivity contribution in [2.45, 2.75) is 97.1 Å². The number of rotatable bonds is 4. The van der Waals surface area contributed by atoms with Crippen molar-refractivity contribution in [2.75, 3.05) is 0 Å². The summed E-state index contributed by atoms with van der Waals surface area (Å²) in [7, 11) is 0. The topological polar surface area (TPSA) is 55.1 Å². The lowest BCUT2D eigenvalue weighted by Crippen LogP contribution is -2.56. The molecule has 1 heterocycles. The fourth-order valence-corrected chi connectivity index (χ4v) is 9.14. The minimum Gasteiger partial charge on any atom is -0.390 e. The van der Waals surface area contributed by atoms with E-state index in [2.05, 4.69) is 25.9 Å². The number of Topliss-reactive ketones (excluding diaryl/α,β-unsaturated/α-hetero) is 1. The lowest BCUT2D eigenvalue weighted by Gasteiger charge is -2.63. The molecule has 0 bridgehead atoms. The third-order valence-electron chi connectivity index (χ3n) is 10.6. The number of carbonyl (C=O) groups excluding carboxylic acids is 1. The number of nitrogens with zero attached hydrogens (tertiary/aromatic N) is 2. The molecule has 1 aromatic rings. The van der Waals surface area contributed by atoms with Gasteiger partial charge in [0.05, 0.1) is 12.1 Å². The second-order valence-corrected chi connectivity index (χ2v) is 11.8. The zero-order valence-corrected chi connectivity index (χ0v) is 19.1. The molecule has 0 amide bonds. The molecule has 0 aliphatic heterocycles. The lowest BCUT2D eigenvalue weighted by atomic mass is 9.42. The maximum Gasteiger partial charge on any atom is 0.157 e. The minimum absolute atomic E-state index is 0.174. The highest BCUT2D eigenvalue weighted by atomic mass is 16.3. The van der Waals surface area contributed by atoms with E-state index < -0.39 is 5.60 Å². The van der Waals surface area contributed by atoms with E-state index in [-0.39, 0.29) is 11.3 Å². The van der Waals surface area contributed by atoms with Crippen LogP contribution >= 0.6 is 0 Å². The molecule has 166 valence electrons. The molecule has 0 radical (unpaired) electrons. The van der Waals surface area contributed by atoms with Crippen molar-refractivity contribution in [3.63, 3.8) is 0 Å². The summed E-state index contributed by atoms with van der Waals surface area (Å²) in [5.41, 5.74) is 0.147. The van der Waals surface area contributed by atoms with Gasteiger partial charge >= 0.3 is 0 Å². The van der Waals surface area contributed by atoms with Crippen LogP contribution < -0.4 is 0 Å². The number of aliphatic hydroxyl groups is 1. The van der Waals surface area contributed by atoms with Crippen molar-refractivity contribution in [1.29, 1.82) is 0 Å². The summed E-state index contributed by atoms with van der Waals surface area (Å²) in [6.07, 6.45) is 15.5. The van der Waals surface area contributed by atoms with Crippen molar-refractivity contribution >= 4 is 5.78 Å². The summed E-state index contributed by atoms with van der Waals surface area (Å²) in [6.45, 7) is 7.35. The zero-order chi connectivity index (χ0) is 21.1. The highest BCUT2D eigenvalue weighted by Gasteiger charge is 2.62. The van der Waals surface area contributed by atoms with Crippen molar-refractivity contribution in [3.05, 3.63) is 18.5 Å². The molecule has 4 aliphatic rings. The molecule has 0 saturated heterocycles. The molecule has 1 aromatic heterocycles. The fraction of sp³-hybridized carbons (Fsp3) is 0.846. The summed E-state index contributed by atoms with van der Waals surface area (Å²) in [5.74, 6) is 3.58. The molecule has 4 saturated carbocycles. The SMILES string of the molecule is CC[C@]12CC[C@@](C)(O)C[C@H]1CC[C@H]1[C@@H]3CC[C@H](C(=O)Cn4cccn4)[C@@]3(C)CC[C@@H]12. The largest absolute Gasteiger partial charge is 0.390 e. The normalized spacial score (nSPS) is 47.9. The van der Waals surface area contributed by atoms with Gasteiger partial charge in [0.2, 0.25) is 0 Å². The lowest BCUT2D eigenvalue weighted by molar-refractivity contribution is -0.158. The van der Waals surface area contributed by atoms with Gasteiger partial charge < -0.3 is 5.11 Å². The van der Waals surface area contributed by atoms with E-state index in [1.807, 2.05) is 12.3 Å². The standard InChI is InChI=1S/C26H40N2O2/c1-4-26-13-12-24(2,30)16-18(26)6-7-19-20-8-9-22(25(20,3)11-10-21(19)26)23(29)17-28-15-5-14-27-28/h5,14-15,18-22,30H,4,6-13,16-17H2,1-3H3/t18-,19+,20+,21+,22-,24-,25+,26+/m1/s1. The number of carbonyl (C=O) groups is 1. The third-order valence-corrected chi connectivity index (χ3v) is 10.6. The molecule has 1 N–H and O–H groups in total. The number of hydrogen-bond acceptors (Lipinski definition) is 3. The molecule has 4 heteroatoms. The molecular weight excluding hydrogens is 372 g/mol. The van der Waals surface area contributed by atoms with Crippen LogP contribution in [0.5, 0.6) is 0 Å². The van der Waals surface area contributed by atoms with E-state index in [0.717, 1.165) is 31.1 Å². The van der Waals surface area contributed by atoms with Crippen LogP contribution in [0.15, 0.2) is 18.5 Å².